The van der Waals surface area contributed by atoms with Crippen molar-refractivity contribution in [1.29, 1.82) is 0 Å². The number of methoxy groups -OCH3 is 1. The second-order valence-electron chi connectivity index (χ2n) is 3.70. The lowest BCUT2D eigenvalue weighted by Gasteiger charge is -2.06. The number of rotatable bonds is 4. The SMILES string of the molecule is COC(=O)c1cc(Oc2ccccc2)ncc1[N+](=O)[O-]. The van der Waals surface area contributed by atoms with Gasteiger partial charge in [-0.1, -0.05) is 18.2 Å². The molecule has 1 aromatic carbocycles. The molecular formula is C13H10N2O5. The molecule has 0 fully saturated rings. The fraction of sp³-hybridized carbons (Fsp3) is 0.0769. The number of para-hydroxylation sites is 1. The van der Waals surface area contributed by atoms with Crippen LogP contribution < -0.4 is 4.74 Å². The van der Waals surface area contributed by atoms with E-state index in [2.05, 4.69) is 9.72 Å². The summed E-state index contributed by atoms with van der Waals surface area (Å²) in [6.07, 6.45) is 0.963. The van der Waals surface area contributed by atoms with Gasteiger partial charge in [-0.25, -0.2) is 9.78 Å². The number of nitro groups is 1. The van der Waals surface area contributed by atoms with Crippen LogP contribution in [0.5, 0.6) is 11.6 Å². The van der Waals surface area contributed by atoms with Crippen molar-refractivity contribution in [3.05, 3.63) is 58.3 Å². The van der Waals surface area contributed by atoms with E-state index in [-0.39, 0.29) is 11.4 Å². The molecule has 0 unspecified atom stereocenters. The van der Waals surface area contributed by atoms with Crippen LogP contribution in [0, 0.1) is 10.1 Å². The van der Waals surface area contributed by atoms with Gasteiger partial charge < -0.3 is 9.47 Å². The van der Waals surface area contributed by atoms with Gasteiger partial charge in [0.1, 0.15) is 17.5 Å². The number of benzene rings is 1. The maximum Gasteiger partial charge on any atom is 0.345 e. The van der Waals surface area contributed by atoms with Crippen LogP contribution in [0.3, 0.4) is 0 Å². The number of nitrogens with zero attached hydrogens (tertiary/aromatic N) is 2. The molecule has 0 N–H and O–H groups in total. The van der Waals surface area contributed by atoms with Gasteiger partial charge in [0.25, 0.3) is 0 Å². The second-order valence-corrected chi connectivity index (χ2v) is 3.70. The first kappa shape index (κ1) is 13.5. The van der Waals surface area contributed by atoms with Gasteiger partial charge in [-0.05, 0) is 12.1 Å². The lowest BCUT2D eigenvalue weighted by Crippen LogP contribution is -2.06. The third kappa shape index (κ3) is 2.89. The predicted molar refractivity (Wildman–Crippen MR) is 68.7 cm³/mol. The van der Waals surface area contributed by atoms with Crippen molar-refractivity contribution in [2.24, 2.45) is 0 Å². The molecule has 0 saturated carbocycles. The third-order valence-electron chi connectivity index (χ3n) is 2.43. The largest absolute Gasteiger partial charge is 0.465 e. The van der Waals surface area contributed by atoms with Crippen molar-refractivity contribution in [2.75, 3.05) is 7.11 Å². The van der Waals surface area contributed by atoms with Crippen LogP contribution in [-0.2, 0) is 4.74 Å². The van der Waals surface area contributed by atoms with Crippen LogP contribution in [0.25, 0.3) is 0 Å². The van der Waals surface area contributed by atoms with Crippen molar-refractivity contribution in [3.63, 3.8) is 0 Å². The summed E-state index contributed by atoms with van der Waals surface area (Å²) in [7, 11) is 1.14. The average molecular weight is 274 g/mol. The number of hydrogen-bond acceptors (Lipinski definition) is 6. The Morgan fingerprint density at radius 2 is 2.00 bits per heavy atom. The molecule has 2 aromatic rings. The molecular weight excluding hydrogens is 264 g/mol. The monoisotopic (exact) mass is 274 g/mol. The lowest BCUT2D eigenvalue weighted by molar-refractivity contribution is -0.385. The Kier molecular flexibility index (Phi) is 3.90. The quantitative estimate of drug-likeness (QED) is 0.483. The van der Waals surface area contributed by atoms with Gasteiger partial charge in [0.15, 0.2) is 0 Å². The maximum absolute atomic E-state index is 11.5. The van der Waals surface area contributed by atoms with Gasteiger partial charge in [0.2, 0.25) is 5.88 Å². The Balaban J connectivity index is 2.37. The van der Waals surface area contributed by atoms with Crippen molar-refractivity contribution in [1.82, 2.24) is 4.98 Å². The highest BCUT2D eigenvalue weighted by atomic mass is 16.6. The molecule has 0 spiro atoms. The van der Waals surface area contributed by atoms with E-state index in [0.29, 0.717) is 5.75 Å². The molecule has 0 bridgehead atoms. The summed E-state index contributed by atoms with van der Waals surface area (Å²) < 4.78 is 9.91. The molecule has 7 nitrogen and oxygen atoms in total. The zero-order valence-corrected chi connectivity index (χ0v) is 10.5. The fourth-order valence-corrected chi connectivity index (χ4v) is 1.51. The molecule has 7 heteroatoms. The van der Waals surface area contributed by atoms with Gasteiger partial charge in [-0.3, -0.25) is 10.1 Å². The molecule has 1 heterocycles. The first-order chi connectivity index (χ1) is 9.61. The molecule has 0 saturated heterocycles. The molecule has 0 atom stereocenters. The lowest BCUT2D eigenvalue weighted by atomic mass is 10.2. The Morgan fingerprint density at radius 1 is 1.30 bits per heavy atom. The van der Waals surface area contributed by atoms with Crippen LogP contribution in [0.1, 0.15) is 10.4 Å². The second kappa shape index (κ2) is 5.79. The standard InChI is InChI=1S/C13H10N2O5/c1-19-13(16)10-7-12(14-8-11(10)15(17)18)20-9-5-3-2-4-6-9/h2-8H,1H3. The number of carbonyl (C=O) groups excluding carboxylic acids is 1. The number of aromatic nitrogens is 1. The minimum absolute atomic E-state index is 0.0715. The minimum atomic E-state index is -0.822. The summed E-state index contributed by atoms with van der Waals surface area (Å²) in [5.74, 6) is -0.246. The number of carbonyl (C=O) groups is 1. The zero-order chi connectivity index (χ0) is 14.5. The summed E-state index contributed by atoms with van der Waals surface area (Å²) >= 11 is 0. The number of esters is 1. The maximum atomic E-state index is 11.5. The number of ether oxygens (including phenoxy) is 2. The number of pyridine rings is 1. The van der Waals surface area contributed by atoms with Crippen molar-refractivity contribution >= 4 is 11.7 Å². The highest BCUT2D eigenvalue weighted by Crippen LogP contribution is 2.25. The van der Waals surface area contributed by atoms with E-state index in [1.54, 1.807) is 24.3 Å². The molecule has 0 amide bonds. The molecule has 0 aliphatic carbocycles. The molecule has 0 aliphatic rings. The smallest absolute Gasteiger partial charge is 0.345 e. The van der Waals surface area contributed by atoms with Crippen LogP contribution in [-0.4, -0.2) is 23.0 Å². The normalized spacial score (nSPS) is 9.85. The molecule has 102 valence electrons. The summed E-state index contributed by atoms with van der Waals surface area (Å²) in [6, 6.07) is 9.92. The van der Waals surface area contributed by atoms with Crippen LogP contribution in [0.4, 0.5) is 5.69 Å². The Hall–Kier alpha value is -2.96. The first-order valence-corrected chi connectivity index (χ1v) is 5.57. The topological polar surface area (TPSA) is 91.6 Å². The van der Waals surface area contributed by atoms with E-state index in [9.17, 15) is 14.9 Å². The summed E-state index contributed by atoms with van der Waals surface area (Å²) in [5, 5.41) is 10.8. The highest BCUT2D eigenvalue weighted by Gasteiger charge is 2.22. The van der Waals surface area contributed by atoms with Gasteiger partial charge >= 0.3 is 11.7 Å². The van der Waals surface area contributed by atoms with Gasteiger partial charge in [-0.2, -0.15) is 0 Å². The van der Waals surface area contributed by atoms with Gasteiger partial charge in [-0.15, -0.1) is 0 Å². The average Bonchev–Trinajstić information content (AvgIpc) is 2.47. The van der Waals surface area contributed by atoms with Gasteiger partial charge in [0.05, 0.1) is 12.0 Å². The summed E-state index contributed by atoms with van der Waals surface area (Å²) in [5.41, 5.74) is -0.643. The Morgan fingerprint density at radius 3 is 2.60 bits per heavy atom. The van der Waals surface area contributed by atoms with E-state index in [4.69, 9.17) is 4.74 Å². The fourth-order valence-electron chi connectivity index (χ4n) is 1.51. The van der Waals surface area contributed by atoms with E-state index in [1.807, 2.05) is 6.07 Å². The van der Waals surface area contributed by atoms with Crippen molar-refractivity contribution in [2.45, 2.75) is 0 Å². The van der Waals surface area contributed by atoms with E-state index < -0.39 is 16.6 Å². The molecule has 2 rings (SSSR count). The molecule has 0 radical (unpaired) electrons. The van der Waals surface area contributed by atoms with Crippen molar-refractivity contribution < 1.29 is 19.2 Å². The minimum Gasteiger partial charge on any atom is -0.465 e. The molecule has 0 aliphatic heterocycles. The predicted octanol–water partition coefficient (Wildman–Crippen LogP) is 2.57. The van der Waals surface area contributed by atoms with Crippen LogP contribution in [0.2, 0.25) is 0 Å². The van der Waals surface area contributed by atoms with Gasteiger partial charge in [0, 0.05) is 6.07 Å². The first-order valence-electron chi connectivity index (χ1n) is 5.57. The molecule has 20 heavy (non-hydrogen) atoms. The molecule has 1 aromatic heterocycles. The van der Waals surface area contributed by atoms with Crippen LogP contribution >= 0.6 is 0 Å². The third-order valence-corrected chi connectivity index (χ3v) is 2.43. The Bertz CT molecular complexity index is 642. The van der Waals surface area contributed by atoms with Crippen LogP contribution in [0.15, 0.2) is 42.6 Å². The number of hydrogen-bond donors (Lipinski definition) is 0. The van der Waals surface area contributed by atoms with E-state index in [0.717, 1.165) is 13.3 Å². The summed E-state index contributed by atoms with van der Waals surface area (Å²) in [6.45, 7) is 0. The van der Waals surface area contributed by atoms with Crippen molar-refractivity contribution in [3.8, 4) is 11.6 Å². The Labute approximate surface area is 113 Å². The summed E-state index contributed by atoms with van der Waals surface area (Å²) in [4.78, 5) is 25.5. The van der Waals surface area contributed by atoms with E-state index >= 15 is 0 Å². The van der Waals surface area contributed by atoms with E-state index in [1.165, 1.54) is 6.07 Å². The zero-order valence-electron chi connectivity index (χ0n) is 10.5. The highest BCUT2D eigenvalue weighted by molar-refractivity contribution is 5.93.